The Morgan fingerprint density at radius 2 is 1.79 bits per heavy atom. The van der Waals surface area contributed by atoms with E-state index in [-0.39, 0.29) is 12.2 Å². The number of thiazole rings is 1. The molecule has 4 aromatic rings. The Balaban J connectivity index is 1.77. The van der Waals surface area contributed by atoms with Crippen molar-refractivity contribution in [3.8, 4) is 5.75 Å². The monoisotopic (exact) mass is 543 g/mol. The van der Waals surface area contributed by atoms with Crippen molar-refractivity contribution >= 4 is 35.0 Å². The van der Waals surface area contributed by atoms with E-state index in [2.05, 4.69) is 0 Å². The smallest absolute Gasteiger partial charge is 0.338 e. The summed E-state index contributed by atoms with van der Waals surface area (Å²) in [5, 5.41) is 0. The van der Waals surface area contributed by atoms with Crippen molar-refractivity contribution in [2.24, 2.45) is 4.99 Å². The van der Waals surface area contributed by atoms with Crippen LogP contribution in [0.4, 0.5) is 5.88 Å². The van der Waals surface area contributed by atoms with E-state index < -0.39 is 12.0 Å². The second-order valence-electron chi connectivity index (χ2n) is 9.00. The molecule has 9 heteroatoms. The van der Waals surface area contributed by atoms with Crippen LogP contribution in [0.5, 0.6) is 5.75 Å². The largest absolute Gasteiger partial charge is 0.494 e. The number of ether oxygens (including phenoxy) is 2. The SMILES string of the molecule is CCOC(=O)C1=C(c2ccccc2)N=c2s/c(=C\c3ccc(N(C)C)o3)c(=O)n2C1c1ccc(OCC)cc1. The second-order valence-corrected chi connectivity index (χ2v) is 10.0. The molecular weight excluding hydrogens is 514 g/mol. The number of carbonyl (C=O) groups is 1. The number of esters is 1. The van der Waals surface area contributed by atoms with Crippen LogP contribution in [-0.2, 0) is 9.53 Å². The number of furan rings is 1. The molecule has 3 heterocycles. The topological polar surface area (TPSA) is 86.3 Å². The molecular formula is C30H29N3O5S. The third-order valence-corrected chi connectivity index (χ3v) is 7.19. The Bertz CT molecular complexity index is 1700. The molecule has 200 valence electrons. The summed E-state index contributed by atoms with van der Waals surface area (Å²) in [5.74, 6) is 1.41. The highest BCUT2D eigenvalue weighted by atomic mass is 32.1. The zero-order valence-electron chi connectivity index (χ0n) is 22.2. The number of carbonyl (C=O) groups excluding carboxylic acids is 1. The lowest BCUT2D eigenvalue weighted by Gasteiger charge is -2.26. The Labute approximate surface area is 229 Å². The van der Waals surface area contributed by atoms with Gasteiger partial charge in [0.25, 0.3) is 5.56 Å². The highest BCUT2D eigenvalue weighted by Gasteiger charge is 2.35. The van der Waals surface area contributed by atoms with Gasteiger partial charge in [-0.1, -0.05) is 53.8 Å². The molecule has 2 aromatic heterocycles. The maximum Gasteiger partial charge on any atom is 0.338 e. The van der Waals surface area contributed by atoms with Gasteiger partial charge in [0.15, 0.2) is 10.7 Å². The summed E-state index contributed by atoms with van der Waals surface area (Å²) < 4.78 is 19.0. The van der Waals surface area contributed by atoms with Gasteiger partial charge in [-0.25, -0.2) is 9.79 Å². The molecule has 1 aliphatic rings. The van der Waals surface area contributed by atoms with Crippen LogP contribution in [0.15, 0.2) is 86.5 Å². The molecule has 8 nitrogen and oxygen atoms in total. The maximum atomic E-state index is 13.9. The third-order valence-electron chi connectivity index (χ3n) is 6.21. The summed E-state index contributed by atoms with van der Waals surface area (Å²) in [6, 6.07) is 19.8. The average molecular weight is 544 g/mol. The molecule has 1 aliphatic heterocycles. The average Bonchev–Trinajstić information content (AvgIpc) is 3.54. The first kappa shape index (κ1) is 26.2. The van der Waals surface area contributed by atoms with Crippen LogP contribution in [0.1, 0.15) is 36.8 Å². The quantitative estimate of drug-likeness (QED) is 0.313. The molecule has 1 atom stereocenters. The highest BCUT2D eigenvalue weighted by Crippen LogP contribution is 2.35. The minimum atomic E-state index is -0.748. The van der Waals surface area contributed by atoms with Crippen molar-refractivity contribution < 1.29 is 18.7 Å². The summed E-state index contributed by atoms with van der Waals surface area (Å²) in [5.41, 5.74) is 2.02. The first-order valence-corrected chi connectivity index (χ1v) is 13.5. The lowest BCUT2D eigenvalue weighted by molar-refractivity contribution is -0.138. The summed E-state index contributed by atoms with van der Waals surface area (Å²) in [7, 11) is 3.77. The Morgan fingerprint density at radius 1 is 1.05 bits per heavy atom. The standard InChI is InChI=1S/C30H29N3O5S/c1-5-36-21-14-12-20(13-15-21)27-25(29(35)37-6-2)26(19-10-8-7-9-11-19)31-30-33(27)28(34)23(39-30)18-22-16-17-24(38-22)32(3)4/h7-18,27H,5-6H2,1-4H3/b23-18-. The number of hydrogen-bond acceptors (Lipinski definition) is 8. The van der Waals surface area contributed by atoms with Crippen molar-refractivity contribution in [3.63, 3.8) is 0 Å². The van der Waals surface area contributed by atoms with E-state index in [4.69, 9.17) is 18.9 Å². The van der Waals surface area contributed by atoms with Gasteiger partial charge in [0.2, 0.25) is 0 Å². The fraction of sp³-hybridized carbons (Fsp3) is 0.233. The summed E-state index contributed by atoms with van der Waals surface area (Å²) in [4.78, 5) is 34.6. The van der Waals surface area contributed by atoms with Gasteiger partial charge in [0.05, 0.1) is 35.1 Å². The molecule has 0 radical (unpaired) electrons. The lowest BCUT2D eigenvalue weighted by Crippen LogP contribution is -2.40. The van der Waals surface area contributed by atoms with Gasteiger partial charge in [0.1, 0.15) is 11.5 Å². The van der Waals surface area contributed by atoms with E-state index in [0.29, 0.717) is 44.6 Å². The third kappa shape index (κ3) is 5.18. The Kier molecular flexibility index (Phi) is 7.51. The van der Waals surface area contributed by atoms with Gasteiger partial charge in [-0.15, -0.1) is 0 Å². The molecule has 0 saturated heterocycles. The van der Waals surface area contributed by atoms with E-state index in [1.807, 2.05) is 92.6 Å². The Hall–Kier alpha value is -4.37. The van der Waals surface area contributed by atoms with E-state index in [0.717, 1.165) is 11.1 Å². The maximum absolute atomic E-state index is 13.9. The zero-order valence-corrected chi connectivity index (χ0v) is 23.0. The number of nitrogens with zero attached hydrogens (tertiary/aromatic N) is 3. The highest BCUT2D eigenvalue weighted by molar-refractivity contribution is 7.07. The lowest BCUT2D eigenvalue weighted by atomic mass is 9.93. The van der Waals surface area contributed by atoms with E-state index >= 15 is 0 Å². The van der Waals surface area contributed by atoms with E-state index in [1.54, 1.807) is 17.6 Å². The van der Waals surface area contributed by atoms with Gasteiger partial charge >= 0.3 is 5.97 Å². The van der Waals surface area contributed by atoms with Gasteiger partial charge in [-0.3, -0.25) is 9.36 Å². The number of rotatable bonds is 8. The molecule has 0 saturated carbocycles. The van der Waals surface area contributed by atoms with Crippen LogP contribution in [0.25, 0.3) is 11.8 Å². The predicted molar refractivity (Wildman–Crippen MR) is 152 cm³/mol. The number of anilines is 1. The summed E-state index contributed by atoms with van der Waals surface area (Å²) >= 11 is 1.25. The number of fused-ring (bicyclic) bond motifs is 1. The summed E-state index contributed by atoms with van der Waals surface area (Å²) in [6.45, 7) is 4.40. The molecule has 0 bridgehead atoms. The van der Waals surface area contributed by atoms with E-state index in [1.165, 1.54) is 11.3 Å². The minimum absolute atomic E-state index is 0.192. The molecule has 0 aliphatic carbocycles. The summed E-state index contributed by atoms with van der Waals surface area (Å²) in [6.07, 6.45) is 1.71. The zero-order chi connectivity index (χ0) is 27.5. The number of benzene rings is 2. The van der Waals surface area contributed by atoms with Crippen LogP contribution >= 0.6 is 11.3 Å². The first-order chi connectivity index (χ1) is 18.9. The first-order valence-electron chi connectivity index (χ1n) is 12.7. The van der Waals surface area contributed by atoms with Gasteiger partial charge in [0, 0.05) is 31.8 Å². The molecule has 39 heavy (non-hydrogen) atoms. The normalized spacial score (nSPS) is 15.1. The number of hydrogen-bond donors (Lipinski definition) is 0. The fourth-order valence-electron chi connectivity index (χ4n) is 4.46. The van der Waals surface area contributed by atoms with Crippen molar-refractivity contribution in [2.75, 3.05) is 32.2 Å². The molecule has 5 rings (SSSR count). The van der Waals surface area contributed by atoms with Crippen LogP contribution in [0.2, 0.25) is 0 Å². The predicted octanol–water partition coefficient (Wildman–Crippen LogP) is 3.99. The van der Waals surface area contributed by atoms with Crippen LogP contribution in [-0.4, -0.2) is 37.8 Å². The van der Waals surface area contributed by atoms with Crippen LogP contribution in [0, 0.1) is 0 Å². The Morgan fingerprint density at radius 3 is 2.44 bits per heavy atom. The minimum Gasteiger partial charge on any atom is -0.494 e. The van der Waals surface area contributed by atoms with Crippen molar-refractivity contribution in [1.29, 1.82) is 0 Å². The molecule has 0 N–H and O–H groups in total. The fourth-order valence-corrected chi connectivity index (χ4v) is 5.44. The molecule has 0 amide bonds. The van der Waals surface area contributed by atoms with Crippen molar-refractivity contribution in [3.05, 3.63) is 109 Å². The van der Waals surface area contributed by atoms with Crippen molar-refractivity contribution in [1.82, 2.24) is 4.57 Å². The molecule has 0 spiro atoms. The van der Waals surface area contributed by atoms with Crippen LogP contribution < -0.4 is 24.5 Å². The van der Waals surface area contributed by atoms with Crippen LogP contribution in [0.3, 0.4) is 0 Å². The molecule has 2 aromatic carbocycles. The molecule has 1 unspecified atom stereocenters. The van der Waals surface area contributed by atoms with Gasteiger partial charge < -0.3 is 18.8 Å². The van der Waals surface area contributed by atoms with Gasteiger partial charge in [-0.05, 0) is 37.6 Å². The number of aromatic nitrogens is 1. The van der Waals surface area contributed by atoms with Gasteiger partial charge in [-0.2, -0.15) is 0 Å². The second kappa shape index (κ2) is 11.2. The molecule has 0 fully saturated rings. The van der Waals surface area contributed by atoms with E-state index in [9.17, 15) is 9.59 Å². The van der Waals surface area contributed by atoms with Crippen molar-refractivity contribution in [2.45, 2.75) is 19.9 Å².